The van der Waals surface area contributed by atoms with Crippen molar-refractivity contribution >= 4 is 36.1 Å². The van der Waals surface area contributed by atoms with Gasteiger partial charge in [0.15, 0.2) is 11.7 Å². The summed E-state index contributed by atoms with van der Waals surface area (Å²) in [5.41, 5.74) is 7.88. The van der Waals surface area contributed by atoms with Crippen molar-refractivity contribution in [2.75, 3.05) is 35.5 Å². The number of ketones is 1. The number of halogens is 1. The van der Waals surface area contributed by atoms with Crippen LogP contribution in [0.3, 0.4) is 0 Å². The highest BCUT2D eigenvalue weighted by Crippen LogP contribution is 2.28. The van der Waals surface area contributed by atoms with Gasteiger partial charge in [-0.3, -0.25) is 23.7 Å². The zero-order valence-corrected chi connectivity index (χ0v) is 25.0. The van der Waals surface area contributed by atoms with Gasteiger partial charge in [0, 0.05) is 25.8 Å². The van der Waals surface area contributed by atoms with Crippen LogP contribution in [0.2, 0.25) is 0 Å². The number of benzene rings is 2. The van der Waals surface area contributed by atoms with Crippen LogP contribution in [-0.4, -0.2) is 68.9 Å². The molecule has 0 unspecified atom stereocenters. The molecule has 0 bridgehead atoms. The Bertz CT molecular complexity index is 1260. The zero-order chi connectivity index (χ0) is 30.8. The number of methoxy groups -OCH3 is 5. The zero-order valence-electron chi connectivity index (χ0n) is 24.2. The van der Waals surface area contributed by atoms with Crippen molar-refractivity contribution in [3.63, 3.8) is 0 Å². The van der Waals surface area contributed by atoms with Crippen LogP contribution in [0, 0.1) is 0 Å². The summed E-state index contributed by atoms with van der Waals surface area (Å²) in [6.45, 7) is 0.532. The molecule has 1 aromatic heterocycles. The van der Waals surface area contributed by atoms with E-state index in [1.54, 1.807) is 31.0 Å². The first kappa shape index (κ1) is 40.6. The summed E-state index contributed by atoms with van der Waals surface area (Å²) in [5, 5.41) is 9.95. The lowest BCUT2D eigenvalue weighted by Crippen LogP contribution is -2.14. The quantitative estimate of drug-likeness (QED) is 0.189. The standard InChI is InChI=1S/C14H15NO4.C8H11NO.C7H10O5.CH4.ClH.H2/c1-18-12-6-4-3-5-11(12)15-9-10(7-13(15)16)8-14(17)19-2;1-10-8-5-3-2-4-7(8)6-9;1-11-6(9)3-5(8)4-7(10)12-2;;;/h3-7,9,16H,8H2,1-2H3;2-5H,6,9H2,1H3;3-4H2,1-2H3;1H4;2*1H/i;;;;;1+1. The summed E-state index contributed by atoms with van der Waals surface area (Å²) in [6, 6.07) is 16.6. The molecular weight excluding hydrogens is 584 g/mol. The van der Waals surface area contributed by atoms with Crippen LogP contribution in [-0.2, 0) is 46.4 Å². The number of Topliss-reactive ketones (excluding diaryl/α,β-unsaturated/α-hetero) is 1. The van der Waals surface area contributed by atoms with Gasteiger partial charge in [0.2, 0.25) is 0 Å². The average Bonchev–Trinajstić information content (AvgIpc) is 3.36. The van der Waals surface area contributed by atoms with Gasteiger partial charge in [-0.25, -0.2) is 0 Å². The number of ether oxygens (including phenoxy) is 5. The lowest BCUT2D eigenvalue weighted by Gasteiger charge is -2.09. The predicted molar refractivity (Wildman–Crippen MR) is 165 cm³/mol. The van der Waals surface area contributed by atoms with Crippen LogP contribution >= 0.6 is 12.4 Å². The Kier molecular flexibility index (Phi) is 20.9. The van der Waals surface area contributed by atoms with Gasteiger partial charge in [-0.05, 0) is 23.8 Å². The van der Waals surface area contributed by atoms with E-state index in [2.05, 4.69) is 14.2 Å². The number of aromatic nitrogens is 1. The van der Waals surface area contributed by atoms with E-state index in [1.807, 2.05) is 42.5 Å². The highest BCUT2D eigenvalue weighted by molar-refractivity contribution is 6.03. The number of nitrogens with two attached hydrogens (primary N) is 1. The van der Waals surface area contributed by atoms with Crippen LogP contribution < -0.4 is 15.2 Å². The molecule has 0 saturated heterocycles. The fourth-order valence-corrected chi connectivity index (χ4v) is 3.26. The molecule has 43 heavy (non-hydrogen) atoms. The molecule has 3 N–H and O–H groups in total. The van der Waals surface area contributed by atoms with Crippen LogP contribution in [0.1, 0.15) is 32.8 Å². The maximum Gasteiger partial charge on any atom is 0.313 e. The van der Waals surface area contributed by atoms with Crippen molar-refractivity contribution in [1.29, 1.82) is 0 Å². The lowest BCUT2D eigenvalue weighted by atomic mass is 10.2. The SMILES string of the molecule is C.COC(=O)CC(=O)CC(=O)OC.COC(=O)Cc1cc(O)n(-c2ccccc2OC)c1.COc1ccccc1CN.Cl.[2HH]. The van der Waals surface area contributed by atoms with Gasteiger partial charge in [0.1, 0.15) is 24.3 Å². The monoisotopic (exact) mass is 627 g/mol. The highest BCUT2D eigenvalue weighted by Gasteiger charge is 2.14. The summed E-state index contributed by atoms with van der Waals surface area (Å²) in [5.74, 6) is -0.606. The molecule has 12 nitrogen and oxygen atoms in total. The molecule has 3 aromatic rings. The van der Waals surface area contributed by atoms with E-state index in [-0.39, 0.29) is 52.4 Å². The van der Waals surface area contributed by atoms with Gasteiger partial charge in [-0.15, -0.1) is 12.4 Å². The third-order valence-corrected chi connectivity index (χ3v) is 5.33. The molecule has 0 saturated carbocycles. The summed E-state index contributed by atoms with van der Waals surface area (Å²) >= 11 is 0. The maximum absolute atomic E-state index is 11.2. The molecule has 0 aliphatic carbocycles. The second-order valence-corrected chi connectivity index (χ2v) is 8.06. The number of hydrogen-bond acceptors (Lipinski definition) is 11. The van der Waals surface area contributed by atoms with Crippen LogP contribution in [0.15, 0.2) is 60.8 Å². The number of nitrogens with zero attached hydrogens (tertiary/aromatic N) is 1. The maximum atomic E-state index is 11.2. The Morgan fingerprint density at radius 2 is 1.28 bits per heavy atom. The summed E-state index contributed by atoms with van der Waals surface area (Å²) in [4.78, 5) is 43.0. The lowest BCUT2D eigenvalue weighted by molar-refractivity contribution is -0.146. The third-order valence-electron chi connectivity index (χ3n) is 5.33. The Morgan fingerprint density at radius 3 is 1.74 bits per heavy atom. The minimum absolute atomic E-state index is 0. The van der Waals surface area contributed by atoms with Crippen LogP contribution in [0.4, 0.5) is 0 Å². The largest absolute Gasteiger partial charge is 0.496 e. The van der Waals surface area contributed by atoms with E-state index >= 15 is 0 Å². The second-order valence-electron chi connectivity index (χ2n) is 8.06. The van der Waals surface area contributed by atoms with Crippen molar-refractivity contribution in [3.8, 4) is 23.1 Å². The van der Waals surface area contributed by atoms with Crippen LogP contribution in [0.25, 0.3) is 5.69 Å². The van der Waals surface area contributed by atoms with E-state index < -0.39 is 17.7 Å². The van der Waals surface area contributed by atoms with Crippen molar-refractivity contribution in [2.24, 2.45) is 5.73 Å². The summed E-state index contributed by atoms with van der Waals surface area (Å²) in [7, 11) is 6.89. The van der Waals surface area contributed by atoms with Gasteiger partial charge in [0.05, 0.1) is 47.7 Å². The van der Waals surface area contributed by atoms with Crippen molar-refractivity contribution in [1.82, 2.24) is 4.57 Å². The average molecular weight is 628 g/mol. The van der Waals surface area contributed by atoms with Crippen LogP contribution in [0.5, 0.6) is 17.4 Å². The fourth-order valence-electron chi connectivity index (χ4n) is 3.26. The Balaban J connectivity index is -0.000000590. The number of carbonyl (C=O) groups is 4. The molecule has 0 spiro atoms. The third kappa shape index (κ3) is 14.3. The van der Waals surface area contributed by atoms with E-state index in [4.69, 9.17) is 15.2 Å². The minimum Gasteiger partial charge on any atom is -0.496 e. The number of rotatable bonds is 10. The minimum atomic E-state index is -0.649. The molecular formula is C30H43ClN2O10. The van der Waals surface area contributed by atoms with Gasteiger partial charge >= 0.3 is 17.9 Å². The molecule has 0 aliphatic heterocycles. The van der Waals surface area contributed by atoms with Crippen molar-refractivity contribution in [2.45, 2.75) is 33.2 Å². The van der Waals surface area contributed by atoms with Crippen molar-refractivity contribution in [3.05, 3.63) is 71.9 Å². The number of esters is 3. The first-order chi connectivity index (χ1) is 19.6. The predicted octanol–water partition coefficient (Wildman–Crippen LogP) is 4.05. The van der Waals surface area contributed by atoms with Crippen molar-refractivity contribution < 1.29 is 49.4 Å². The fraction of sp³-hybridized carbons (Fsp3) is 0.333. The molecule has 13 heteroatoms. The Hall–Kier alpha value is -4.55. The molecule has 240 valence electrons. The van der Waals surface area contributed by atoms with Gasteiger partial charge in [-0.1, -0.05) is 37.8 Å². The molecule has 2 aromatic carbocycles. The Morgan fingerprint density at radius 1 is 0.791 bits per heavy atom. The molecule has 1 heterocycles. The van der Waals surface area contributed by atoms with Gasteiger partial charge < -0.3 is 34.5 Å². The second kappa shape index (κ2) is 22.1. The van der Waals surface area contributed by atoms with Gasteiger partial charge in [0.25, 0.3) is 0 Å². The summed E-state index contributed by atoms with van der Waals surface area (Å²) in [6.07, 6.45) is 1.04. The normalized spacial score (nSPS) is 9.16. The molecule has 0 fully saturated rings. The first-order valence-electron chi connectivity index (χ1n) is 12.2. The van der Waals surface area contributed by atoms with E-state index in [1.165, 1.54) is 27.4 Å². The molecule has 3 rings (SSSR count). The highest BCUT2D eigenvalue weighted by atomic mass is 35.5. The molecule has 0 amide bonds. The Labute approximate surface area is 259 Å². The van der Waals surface area contributed by atoms with E-state index in [0.29, 0.717) is 23.5 Å². The van der Waals surface area contributed by atoms with E-state index in [9.17, 15) is 24.3 Å². The number of carbonyl (C=O) groups excluding carboxylic acids is 4. The number of hydrogen-bond donors (Lipinski definition) is 2. The summed E-state index contributed by atoms with van der Waals surface area (Å²) < 4.78 is 24.9. The first-order valence-corrected chi connectivity index (χ1v) is 12.2. The molecule has 0 radical (unpaired) electrons. The number of aromatic hydroxyl groups is 1. The van der Waals surface area contributed by atoms with E-state index in [0.717, 1.165) is 11.3 Å². The molecule has 0 aliphatic rings. The van der Waals surface area contributed by atoms with Gasteiger partial charge in [-0.2, -0.15) is 0 Å². The molecule has 0 atom stereocenters. The number of para-hydroxylation sites is 3. The topological polar surface area (TPSA) is 166 Å². The smallest absolute Gasteiger partial charge is 0.313 e.